The van der Waals surface area contributed by atoms with Gasteiger partial charge in [-0.15, -0.1) is 11.3 Å². The molecule has 84 valence electrons. The predicted octanol–water partition coefficient (Wildman–Crippen LogP) is 2.82. The largest absolute Gasteiger partial charge is 0.380 e. The van der Waals surface area contributed by atoms with Gasteiger partial charge in [-0.1, -0.05) is 0 Å². The van der Waals surface area contributed by atoms with Crippen molar-refractivity contribution < 1.29 is 0 Å². The molecule has 2 aromatic rings. The molecule has 2 rings (SSSR count). The molecule has 0 saturated carbocycles. The second-order valence-electron chi connectivity index (χ2n) is 3.48. The first kappa shape index (κ1) is 11.4. The second kappa shape index (κ2) is 4.84. The third-order valence-electron chi connectivity index (χ3n) is 2.20. The van der Waals surface area contributed by atoms with Crippen molar-refractivity contribution in [1.82, 2.24) is 4.57 Å². The van der Waals surface area contributed by atoms with Crippen molar-refractivity contribution in [2.24, 2.45) is 7.05 Å². The average molecular weight is 299 g/mol. The molecule has 0 aliphatic rings. The Morgan fingerprint density at radius 1 is 1.50 bits per heavy atom. The Balaban J connectivity index is 2.05. The molecule has 1 N–H and O–H groups in total. The third kappa shape index (κ3) is 2.74. The van der Waals surface area contributed by atoms with Gasteiger partial charge in [0.05, 0.1) is 9.47 Å². The number of thiophene rings is 1. The summed E-state index contributed by atoms with van der Waals surface area (Å²) in [5.41, 5.74) is 2.18. The number of hydrogen-bond donors (Lipinski definition) is 1. The lowest BCUT2D eigenvalue weighted by Crippen LogP contribution is -2.15. The van der Waals surface area contributed by atoms with Gasteiger partial charge >= 0.3 is 0 Å². The Kier molecular flexibility index (Phi) is 3.46. The number of pyridine rings is 1. The maximum absolute atomic E-state index is 11.2. The lowest BCUT2D eigenvalue weighted by molar-refractivity contribution is 0.859. The monoisotopic (exact) mass is 298 g/mol. The molecule has 2 aromatic heterocycles. The molecule has 0 aliphatic heterocycles. The molecular weight excluding hydrogens is 288 g/mol. The van der Waals surface area contributed by atoms with Gasteiger partial charge in [0, 0.05) is 25.9 Å². The third-order valence-corrected chi connectivity index (χ3v) is 3.76. The Morgan fingerprint density at radius 3 is 2.94 bits per heavy atom. The van der Waals surface area contributed by atoms with Crippen LogP contribution < -0.4 is 10.9 Å². The molecule has 0 atom stereocenters. The van der Waals surface area contributed by atoms with Crippen LogP contribution in [0.1, 0.15) is 5.56 Å². The van der Waals surface area contributed by atoms with Crippen LogP contribution in [0.2, 0.25) is 0 Å². The summed E-state index contributed by atoms with van der Waals surface area (Å²) in [7, 11) is 1.74. The zero-order valence-corrected chi connectivity index (χ0v) is 11.1. The highest BCUT2D eigenvalue weighted by atomic mass is 79.9. The quantitative estimate of drug-likeness (QED) is 0.945. The molecule has 3 nitrogen and oxygen atoms in total. The van der Waals surface area contributed by atoms with Crippen LogP contribution in [0.4, 0.5) is 5.69 Å². The summed E-state index contributed by atoms with van der Waals surface area (Å²) in [5, 5.41) is 5.36. The number of nitrogens with one attached hydrogen (secondary N) is 1. The topological polar surface area (TPSA) is 34.0 Å². The van der Waals surface area contributed by atoms with E-state index in [-0.39, 0.29) is 5.56 Å². The zero-order chi connectivity index (χ0) is 11.5. The lowest BCUT2D eigenvalue weighted by atomic mass is 10.3. The first-order chi connectivity index (χ1) is 7.65. The molecule has 0 aromatic carbocycles. The van der Waals surface area contributed by atoms with Crippen molar-refractivity contribution in [1.29, 1.82) is 0 Å². The van der Waals surface area contributed by atoms with Gasteiger partial charge in [-0.05, 0) is 39.0 Å². The fourth-order valence-corrected chi connectivity index (χ4v) is 2.55. The van der Waals surface area contributed by atoms with Crippen molar-refractivity contribution in [2.75, 3.05) is 5.32 Å². The highest BCUT2D eigenvalue weighted by Gasteiger charge is 1.98. The summed E-state index contributed by atoms with van der Waals surface area (Å²) < 4.78 is 2.69. The molecule has 0 radical (unpaired) electrons. The standard InChI is InChI=1S/C11H11BrN2OS/c1-14-6-9(2-3-11(14)15)13-5-8-4-10(12)16-7-8/h2-4,6-7,13H,5H2,1H3. The summed E-state index contributed by atoms with van der Waals surface area (Å²) in [6.07, 6.45) is 1.80. The smallest absolute Gasteiger partial charge is 0.250 e. The molecule has 5 heteroatoms. The molecule has 0 bridgehead atoms. The van der Waals surface area contributed by atoms with E-state index in [1.165, 1.54) is 5.56 Å². The van der Waals surface area contributed by atoms with Crippen molar-refractivity contribution in [3.63, 3.8) is 0 Å². The summed E-state index contributed by atoms with van der Waals surface area (Å²) in [6.45, 7) is 0.764. The van der Waals surface area contributed by atoms with Crippen LogP contribution >= 0.6 is 27.3 Å². The average Bonchev–Trinajstić information content (AvgIpc) is 2.66. The van der Waals surface area contributed by atoms with Crippen molar-refractivity contribution >= 4 is 33.0 Å². The summed E-state index contributed by atoms with van der Waals surface area (Å²) in [4.78, 5) is 11.2. The van der Waals surface area contributed by atoms with E-state index < -0.39 is 0 Å². The number of aryl methyl sites for hydroxylation is 1. The minimum Gasteiger partial charge on any atom is -0.380 e. The molecule has 0 unspecified atom stereocenters. The van der Waals surface area contributed by atoms with Gasteiger partial charge in [-0.25, -0.2) is 0 Å². The van der Waals surface area contributed by atoms with Gasteiger partial charge in [-0.3, -0.25) is 4.79 Å². The Bertz CT molecular complexity index is 547. The van der Waals surface area contributed by atoms with Crippen molar-refractivity contribution in [3.8, 4) is 0 Å². The van der Waals surface area contributed by atoms with Gasteiger partial charge in [0.1, 0.15) is 0 Å². The molecule has 16 heavy (non-hydrogen) atoms. The van der Waals surface area contributed by atoms with E-state index in [0.717, 1.165) is 16.0 Å². The SMILES string of the molecule is Cn1cc(NCc2csc(Br)c2)ccc1=O. The number of halogens is 1. The zero-order valence-electron chi connectivity index (χ0n) is 8.74. The van der Waals surface area contributed by atoms with Gasteiger partial charge in [0.25, 0.3) is 0 Å². The minimum absolute atomic E-state index is 0.00354. The maximum atomic E-state index is 11.2. The fraction of sp³-hybridized carbons (Fsp3) is 0.182. The maximum Gasteiger partial charge on any atom is 0.250 e. The van der Waals surface area contributed by atoms with Crippen LogP contribution in [0.3, 0.4) is 0 Å². The van der Waals surface area contributed by atoms with Crippen LogP contribution in [0.25, 0.3) is 0 Å². The van der Waals surface area contributed by atoms with E-state index in [2.05, 4.69) is 32.7 Å². The highest BCUT2D eigenvalue weighted by Crippen LogP contribution is 2.21. The summed E-state index contributed by atoms with van der Waals surface area (Å²) in [5.74, 6) is 0. The normalized spacial score (nSPS) is 10.4. The number of hydrogen-bond acceptors (Lipinski definition) is 3. The first-order valence-corrected chi connectivity index (χ1v) is 6.46. The molecule has 0 fully saturated rings. The van der Waals surface area contributed by atoms with E-state index in [9.17, 15) is 4.79 Å². The predicted molar refractivity (Wildman–Crippen MR) is 71.0 cm³/mol. The fourth-order valence-electron chi connectivity index (χ4n) is 1.34. The first-order valence-electron chi connectivity index (χ1n) is 4.78. The Hall–Kier alpha value is -1.07. The minimum atomic E-state index is 0.00354. The van der Waals surface area contributed by atoms with Crippen LogP contribution in [0, 0.1) is 0 Å². The molecule has 0 aliphatic carbocycles. The summed E-state index contributed by atoms with van der Waals surface area (Å²) >= 11 is 5.09. The molecule has 0 saturated heterocycles. The van der Waals surface area contributed by atoms with E-state index in [1.54, 1.807) is 41.3 Å². The molecule has 0 amide bonds. The van der Waals surface area contributed by atoms with Crippen molar-refractivity contribution in [2.45, 2.75) is 6.54 Å². The van der Waals surface area contributed by atoms with Crippen LogP contribution in [0.15, 0.2) is 38.4 Å². The van der Waals surface area contributed by atoms with Crippen LogP contribution in [0.5, 0.6) is 0 Å². The van der Waals surface area contributed by atoms with Gasteiger partial charge in [0.2, 0.25) is 5.56 Å². The lowest BCUT2D eigenvalue weighted by Gasteiger charge is -2.06. The van der Waals surface area contributed by atoms with E-state index in [1.807, 2.05) is 0 Å². The van der Waals surface area contributed by atoms with Gasteiger partial charge in [0.15, 0.2) is 0 Å². The molecule has 2 heterocycles. The number of aromatic nitrogens is 1. The van der Waals surface area contributed by atoms with E-state index in [4.69, 9.17) is 0 Å². The number of anilines is 1. The Labute approximate surface area is 106 Å². The van der Waals surface area contributed by atoms with Gasteiger partial charge < -0.3 is 9.88 Å². The van der Waals surface area contributed by atoms with Crippen LogP contribution in [-0.4, -0.2) is 4.57 Å². The number of rotatable bonds is 3. The van der Waals surface area contributed by atoms with E-state index in [0.29, 0.717) is 0 Å². The molecular formula is C11H11BrN2OS. The van der Waals surface area contributed by atoms with Crippen LogP contribution in [-0.2, 0) is 13.6 Å². The summed E-state index contributed by atoms with van der Waals surface area (Å²) in [6, 6.07) is 5.44. The number of nitrogens with zero attached hydrogens (tertiary/aromatic N) is 1. The van der Waals surface area contributed by atoms with Crippen molar-refractivity contribution in [3.05, 3.63) is 49.5 Å². The second-order valence-corrected chi connectivity index (χ2v) is 5.77. The molecule has 0 spiro atoms. The van der Waals surface area contributed by atoms with E-state index >= 15 is 0 Å². The van der Waals surface area contributed by atoms with Gasteiger partial charge in [-0.2, -0.15) is 0 Å². The highest BCUT2D eigenvalue weighted by molar-refractivity contribution is 9.11. The Morgan fingerprint density at radius 2 is 2.31 bits per heavy atom.